The minimum Gasteiger partial charge on any atom is -0.481 e. The summed E-state index contributed by atoms with van der Waals surface area (Å²) in [7, 11) is 1.72. The first-order chi connectivity index (χ1) is 9.72. The average molecular weight is 288 g/mol. The fraction of sp³-hybridized carbons (Fsp3) is 0.375. The summed E-state index contributed by atoms with van der Waals surface area (Å²) in [5.41, 5.74) is 2.05. The van der Waals surface area contributed by atoms with Gasteiger partial charge in [-0.15, -0.1) is 0 Å². The van der Waals surface area contributed by atoms with Gasteiger partial charge in [-0.25, -0.2) is 4.79 Å². The van der Waals surface area contributed by atoms with E-state index < -0.39 is 11.4 Å². The molecule has 0 amide bonds. The number of imidazole rings is 1. The highest BCUT2D eigenvalue weighted by Gasteiger charge is 2.24. The number of aromatic nitrogens is 2. The van der Waals surface area contributed by atoms with Crippen molar-refractivity contribution in [2.24, 2.45) is 7.05 Å². The molecule has 1 aromatic carbocycles. The van der Waals surface area contributed by atoms with Crippen LogP contribution in [0.2, 0.25) is 0 Å². The lowest BCUT2D eigenvalue weighted by atomic mass is 9.81. The van der Waals surface area contributed by atoms with Crippen molar-refractivity contribution < 1.29 is 9.90 Å². The van der Waals surface area contributed by atoms with Crippen molar-refractivity contribution in [1.82, 2.24) is 9.13 Å². The zero-order valence-corrected chi connectivity index (χ0v) is 12.8. The first-order valence-electron chi connectivity index (χ1n) is 6.80. The average Bonchev–Trinajstić information content (AvgIpc) is 2.62. The maximum Gasteiger partial charge on any atom is 0.332 e. The molecule has 0 bridgehead atoms. The van der Waals surface area contributed by atoms with E-state index in [1.54, 1.807) is 17.8 Å². The van der Waals surface area contributed by atoms with Gasteiger partial charge in [0, 0.05) is 24.4 Å². The number of aliphatic carboxylic acids is 1. The molecule has 0 unspecified atom stereocenters. The standard InChI is InChI=1S/C16H20N2O3/c1-11-10-17(4)15(21)18(11)13-7-5-12(6-8-13)16(2,3)9-14(19)20/h5-8,10H,9H2,1-4H3,(H,19,20). The highest BCUT2D eigenvalue weighted by atomic mass is 16.4. The number of benzene rings is 1. The summed E-state index contributed by atoms with van der Waals surface area (Å²) in [6.45, 7) is 5.68. The van der Waals surface area contributed by atoms with Gasteiger partial charge >= 0.3 is 11.7 Å². The second-order valence-electron chi connectivity index (χ2n) is 6.00. The monoisotopic (exact) mass is 288 g/mol. The number of rotatable bonds is 4. The summed E-state index contributed by atoms with van der Waals surface area (Å²) in [5, 5.41) is 8.97. The lowest BCUT2D eigenvalue weighted by Gasteiger charge is -2.23. The third kappa shape index (κ3) is 2.91. The Balaban J connectivity index is 2.40. The Bertz CT molecular complexity index is 721. The number of carbonyl (C=O) groups is 1. The highest BCUT2D eigenvalue weighted by molar-refractivity contribution is 5.69. The zero-order chi connectivity index (χ0) is 15.8. The van der Waals surface area contributed by atoms with Gasteiger partial charge < -0.3 is 9.67 Å². The van der Waals surface area contributed by atoms with Gasteiger partial charge in [0.05, 0.1) is 12.1 Å². The molecule has 2 aromatic rings. The summed E-state index contributed by atoms with van der Waals surface area (Å²) in [5.74, 6) is -0.820. The van der Waals surface area contributed by atoms with Gasteiger partial charge in [-0.1, -0.05) is 26.0 Å². The van der Waals surface area contributed by atoms with Gasteiger partial charge in [0.2, 0.25) is 0 Å². The summed E-state index contributed by atoms with van der Waals surface area (Å²) < 4.78 is 3.17. The molecule has 0 aliphatic rings. The smallest absolute Gasteiger partial charge is 0.332 e. The summed E-state index contributed by atoms with van der Waals surface area (Å²) >= 11 is 0. The Hall–Kier alpha value is -2.30. The molecule has 5 heteroatoms. The first-order valence-corrected chi connectivity index (χ1v) is 6.80. The number of hydrogen-bond donors (Lipinski definition) is 1. The van der Waals surface area contributed by atoms with Crippen LogP contribution in [-0.2, 0) is 17.3 Å². The van der Waals surface area contributed by atoms with Crippen LogP contribution in [0.15, 0.2) is 35.3 Å². The van der Waals surface area contributed by atoms with E-state index in [1.165, 1.54) is 4.57 Å². The van der Waals surface area contributed by atoms with Gasteiger partial charge in [0.1, 0.15) is 0 Å². The molecule has 0 spiro atoms. The molecule has 0 atom stereocenters. The van der Waals surface area contributed by atoms with Gasteiger partial charge in [-0.05, 0) is 24.6 Å². The van der Waals surface area contributed by atoms with E-state index in [2.05, 4.69) is 0 Å². The summed E-state index contributed by atoms with van der Waals surface area (Å²) in [4.78, 5) is 23.0. The van der Waals surface area contributed by atoms with Crippen LogP contribution in [0.1, 0.15) is 31.5 Å². The van der Waals surface area contributed by atoms with Crippen LogP contribution in [0.3, 0.4) is 0 Å². The lowest BCUT2D eigenvalue weighted by Crippen LogP contribution is -2.23. The predicted molar refractivity (Wildman–Crippen MR) is 81.0 cm³/mol. The van der Waals surface area contributed by atoms with Crippen molar-refractivity contribution in [2.75, 3.05) is 0 Å². The largest absolute Gasteiger partial charge is 0.481 e. The maximum absolute atomic E-state index is 12.1. The molecule has 21 heavy (non-hydrogen) atoms. The molecule has 1 N–H and O–H groups in total. The Morgan fingerprint density at radius 3 is 2.24 bits per heavy atom. The number of hydrogen-bond acceptors (Lipinski definition) is 2. The topological polar surface area (TPSA) is 64.2 Å². The fourth-order valence-electron chi connectivity index (χ4n) is 2.56. The van der Waals surface area contributed by atoms with Crippen LogP contribution in [0, 0.1) is 6.92 Å². The summed E-state index contributed by atoms with van der Waals surface area (Å²) in [6, 6.07) is 7.48. The molecular formula is C16H20N2O3. The second-order valence-corrected chi connectivity index (χ2v) is 6.00. The molecule has 1 heterocycles. The van der Waals surface area contributed by atoms with Crippen molar-refractivity contribution in [1.29, 1.82) is 0 Å². The van der Waals surface area contributed by atoms with Gasteiger partial charge in [-0.2, -0.15) is 0 Å². The first kappa shape index (κ1) is 15.1. The van der Waals surface area contributed by atoms with Gasteiger partial charge in [0.25, 0.3) is 0 Å². The number of carboxylic acids is 1. The molecule has 0 radical (unpaired) electrons. The van der Waals surface area contributed by atoms with Crippen molar-refractivity contribution in [3.8, 4) is 5.69 Å². The molecule has 0 saturated carbocycles. The van der Waals surface area contributed by atoms with Crippen molar-refractivity contribution in [2.45, 2.75) is 32.6 Å². The lowest BCUT2D eigenvalue weighted by molar-refractivity contribution is -0.138. The number of aryl methyl sites for hydroxylation is 2. The fourth-order valence-corrected chi connectivity index (χ4v) is 2.56. The minimum absolute atomic E-state index is 0.0661. The third-order valence-electron chi connectivity index (χ3n) is 3.73. The van der Waals surface area contributed by atoms with E-state index in [1.807, 2.05) is 45.0 Å². The van der Waals surface area contributed by atoms with E-state index in [0.717, 1.165) is 16.9 Å². The molecule has 1 aromatic heterocycles. The van der Waals surface area contributed by atoms with E-state index in [4.69, 9.17) is 5.11 Å². The zero-order valence-electron chi connectivity index (χ0n) is 12.8. The van der Waals surface area contributed by atoms with Crippen molar-refractivity contribution in [3.05, 3.63) is 52.2 Å². The van der Waals surface area contributed by atoms with Crippen LogP contribution >= 0.6 is 0 Å². The molecule has 0 aliphatic heterocycles. The Morgan fingerprint density at radius 2 is 1.81 bits per heavy atom. The van der Waals surface area contributed by atoms with Crippen LogP contribution in [0.4, 0.5) is 0 Å². The summed E-state index contributed by atoms with van der Waals surface area (Å²) in [6.07, 6.45) is 1.85. The van der Waals surface area contributed by atoms with Crippen LogP contribution in [-0.4, -0.2) is 20.2 Å². The Morgan fingerprint density at radius 1 is 1.24 bits per heavy atom. The van der Waals surface area contributed by atoms with E-state index >= 15 is 0 Å². The molecule has 112 valence electrons. The highest BCUT2D eigenvalue weighted by Crippen LogP contribution is 2.27. The molecule has 0 aliphatic carbocycles. The quantitative estimate of drug-likeness (QED) is 0.938. The normalized spacial score (nSPS) is 11.6. The SMILES string of the molecule is Cc1cn(C)c(=O)n1-c1ccc(C(C)(C)CC(=O)O)cc1. The van der Waals surface area contributed by atoms with Gasteiger partial charge in [-0.3, -0.25) is 9.36 Å². The van der Waals surface area contributed by atoms with E-state index in [-0.39, 0.29) is 12.1 Å². The second kappa shape index (κ2) is 5.24. The minimum atomic E-state index is -0.820. The Kier molecular flexibility index (Phi) is 3.77. The molecule has 0 fully saturated rings. The molecule has 5 nitrogen and oxygen atoms in total. The van der Waals surface area contributed by atoms with Crippen LogP contribution < -0.4 is 5.69 Å². The Labute approximate surface area is 123 Å². The third-order valence-corrected chi connectivity index (χ3v) is 3.73. The maximum atomic E-state index is 12.1. The predicted octanol–water partition coefficient (Wildman–Crippen LogP) is 2.24. The number of nitrogens with zero attached hydrogens (tertiary/aromatic N) is 2. The molecule has 0 saturated heterocycles. The van der Waals surface area contributed by atoms with E-state index in [9.17, 15) is 9.59 Å². The molecular weight excluding hydrogens is 268 g/mol. The van der Waals surface area contributed by atoms with E-state index in [0.29, 0.717) is 0 Å². The van der Waals surface area contributed by atoms with Crippen LogP contribution in [0.5, 0.6) is 0 Å². The van der Waals surface area contributed by atoms with Gasteiger partial charge in [0.15, 0.2) is 0 Å². The van der Waals surface area contributed by atoms with Crippen LogP contribution in [0.25, 0.3) is 5.69 Å². The molecule has 2 rings (SSSR count). The number of carboxylic acid groups (broad SMARTS) is 1. The van der Waals surface area contributed by atoms with Crippen molar-refractivity contribution in [3.63, 3.8) is 0 Å². The van der Waals surface area contributed by atoms with Crippen molar-refractivity contribution >= 4 is 5.97 Å².